The van der Waals surface area contributed by atoms with Gasteiger partial charge in [0.05, 0.1) is 45.8 Å². The van der Waals surface area contributed by atoms with Crippen LogP contribution in [0.15, 0.2) is 54.6 Å². The number of carbonyl (C=O) groups excluding carboxylic acids is 2. The van der Waals surface area contributed by atoms with Crippen molar-refractivity contribution in [2.75, 3.05) is 38.1 Å². The maximum Gasteiger partial charge on any atom is 0.234 e. The van der Waals surface area contributed by atoms with Crippen LogP contribution < -0.4 is 24.4 Å². The number of fused-ring (bicyclic) bond motifs is 1. The molecule has 2 amide bonds. The summed E-state index contributed by atoms with van der Waals surface area (Å²) < 4.78 is 22.0. The largest absolute Gasteiger partial charge is 0.497 e. The summed E-state index contributed by atoms with van der Waals surface area (Å²) in [5.74, 6) is 0.203. The summed E-state index contributed by atoms with van der Waals surface area (Å²) >= 11 is 0. The molecule has 166 valence electrons. The van der Waals surface area contributed by atoms with Crippen molar-refractivity contribution in [3.8, 4) is 17.2 Å². The number of nitrogens with zero attached hydrogens (tertiary/aromatic N) is 1. The average molecular weight is 436 g/mol. The molecule has 0 unspecified atom stereocenters. The Morgan fingerprint density at radius 3 is 2.50 bits per heavy atom. The van der Waals surface area contributed by atoms with E-state index in [-0.39, 0.29) is 11.8 Å². The van der Waals surface area contributed by atoms with Crippen molar-refractivity contribution in [2.24, 2.45) is 11.8 Å². The van der Waals surface area contributed by atoms with E-state index in [1.807, 2.05) is 36.4 Å². The van der Waals surface area contributed by atoms with Crippen molar-refractivity contribution in [1.29, 1.82) is 0 Å². The van der Waals surface area contributed by atoms with E-state index in [9.17, 15) is 9.59 Å². The van der Waals surface area contributed by atoms with Gasteiger partial charge in [-0.1, -0.05) is 12.2 Å². The lowest BCUT2D eigenvalue weighted by atomic mass is 9.77. The Morgan fingerprint density at radius 2 is 1.81 bits per heavy atom. The second-order valence-electron chi connectivity index (χ2n) is 8.08. The summed E-state index contributed by atoms with van der Waals surface area (Å²) in [4.78, 5) is 28.4. The van der Waals surface area contributed by atoms with E-state index in [0.717, 1.165) is 5.69 Å². The fourth-order valence-corrected chi connectivity index (χ4v) is 4.92. The molecule has 0 radical (unpaired) electrons. The molecule has 3 heterocycles. The van der Waals surface area contributed by atoms with Crippen LogP contribution in [0.25, 0.3) is 0 Å². The number of carbonyl (C=O) groups is 2. The van der Waals surface area contributed by atoms with Crippen LogP contribution in [-0.2, 0) is 14.3 Å². The molecule has 1 N–H and O–H groups in total. The number of methoxy groups -OCH3 is 3. The Bertz CT molecular complexity index is 1100. The minimum absolute atomic E-state index is 0.116. The molecule has 0 aromatic heterocycles. The third-order valence-corrected chi connectivity index (χ3v) is 6.44. The molecular formula is C24H24N2O6. The van der Waals surface area contributed by atoms with Gasteiger partial charge in [0.1, 0.15) is 11.4 Å². The molecule has 2 aromatic rings. The van der Waals surface area contributed by atoms with Gasteiger partial charge in [-0.25, -0.2) is 0 Å². The zero-order chi connectivity index (χ0) is 22.5. The second kappa shape index (κ2) is 7.56. The Labute approximate surface area is 185 Å². The van der Waals surface area contributed by atoms with Gasteiger partial charge in [-0.05, 0) is 36.4 Å². The van der Waals surface area contributed by atoms with Gasteiger partial charge >= 0.3 is 0 Å². The van der Waals surface area contributed by atoms with Crippen LogP contribution in [0.3, 0.4) is 0 Å². The number of amides is 2. The topological polar surface area (TPSA) is 86.3 Å². The number of benzene rings is 2. The van der Waals surface area contributed by atoms with Crippen LogP contribution >= 0.6 is 0 Å². The summed E-state index contributed by atoms with van der Waals surface area (Å²) in [6.07, 6.45) is 3.39. The van der Waals surface area contributed by atoms with Crippen LogP contribution in [0.5, 0.6) is 17.2 Å². The Morgan fingerprint density at radius 1 is 1.06 bits per heavy atom. The van der Waals surface area contributed by atoms with E-state index in [4.69, 9.17) is 18.9 Å². The maximum atomic E-state index is 13.4. The smallest absolute Gasteiger partial charge is 0.234 e. The highest BCUT2D eigenvalue weighted by molar-refractivity contribution is 6.05. The highest BCUT2D eigenvalue weighted by Crippen LogP contribution is 2.53. The minimum atomic E-state index is -0.790. The van der Waals surface area contributed by atoms with E-state index in [0.29, 0.717) is 29.5 Å². The standard InChI is InChI=1S/C24H24N2O6/c1-29-16-7-5-15(6-8-16)26-13-24-11-10-18(32-24)20(21(24)23(26)28)22(27)25-14-4-9-17(30-2)19(12-14)31-3/h4-12,18,20-21H,13H2,1-3H3,(H,25,27)/t18-,20-,21+,24-/m1/s1. The van der Waals surface area contributed by atoms with Crippen molar-refractivity contribution in [2.45, 2.75) is 11.7 Å². The molecule has 8 nitrogen and oxygen atoms in total. The third-order valence-electron chi connectivity index (χ3n) is 6.44. The quantitative estimate of drug-likeness (QED) is 0.701. The predicted molar refractivity (Wildman–Crippen MR) is 117 cm³/mol. The van der Waals surface area contributed by atoms with Crippen LogP contribution in [0.1, 0.15) is 0 Å². The van der Waals surface area contributed by atoms with E-state index < -0.39 is 23.5 Å². The first-order valence-electron chi connectivity index (χ1n) is 10.3. The molecule has 5 rings (SSSR count). The number of nitrogens with one attached hydrogen (secondary N) is 1. The molecule has 0 saturated carbocycles. The van der Waals surface area contributed by atoms with Crippen molar-refractivity contribution >= 4 is 23.2 Å². The summed E-state index contributed by atoms with van der Waals surface area (Å²) in [6.45, 7) is 0.371. The highest BCUT2D eigenvalue weighted by Gasteiger charge is 2.67. The van der Waals surface area contributed by atoms with E-state index in [2.05, 4.69) is 5.32 Å². The van der Waals surface area contributed by atoms with Crippen molar-refractivity contribution in [3.05, 3.63) is 54.6 Å². The molecule has 1 spiro atoms. The van der Waals surface area contributed by atoms with Gasteiger partial charge in [-0.2, -0.15) is 0 Å². The molecule has 2 aromatic carbocycles. The number of hydrogen-bond acceptors (Lipinski definition) is 6. The lowest BCUT2D eigenvalue weighted by Gasteiger charge is -2.23. The summed E-state index contributed by atoms with van der Waals surface area (Å²) in [5, 5.41) is 2.92. The van der Waals surface area contributed by atoms with E-state index in [1.165, 1.54) is 7.11 Å². The van der Waals surface area contributed by atoms with Gasteiger partial charge in [-0.3, -0.25) is 9.59 Å². The molecular weight excluding hydrogens is 412 g/mol. The predicted octanol–water partition coefficient (Wildman–Crippen LogP) is 2.64. The van der Waals surface area contributed by atoms with Gasteiger partial charge in [-0.15, -0.1) is 0 Å². The minimum Gasteiger partial charge on any atom is -0.497 e. The average Bonchev–Trinajstić information content (AvgIpc) is 3.47. The first-order valence-corrected chi connectivity index (χ1v) is 10.3. The molecule has 2 bridgehead atoms. The van der Waals surface area contributed by atoms with Crippen LogP contribution in [0.2, 0.25) is 0 Å². The number of hydrogen-bond donors (Lipinski definition) is 1. The number of rotatable bonds is 6. The summed E-state index contributed by atoms with van der Waals surface area (Å²) in [5.41, 5.74) is 0.520. The van der Waals surface area contributed by atoms with E-state index >= 15 is 0 Å². The Hall–Kier alpha value is -3.52. The van der Waals surface area contributed by atoms with Crippen molar-refractivity contribution in [1.82, 2.24) is 0 Å². The lowest BCUT2D eigenvalue weighted by Crippen LogP contribution is -2.41. The molecule has 4 atom stereocenters. The first kappa shape index (κ1) is 20.4. The van der Waals surface area contributed by atoms with Crippen molar-refractivity contribution < 1.29 is 28.5 Å². The van der Waals surface area contributed by atoms with Gasteiger partial charge < -0.3 is 29.2 Å². The molecule has 0 aliphatic carbocycles. The summed E-state index contributed by atoms with van der Waals surface area (Å²) in [6, 6.07) is 12.4. The first-order chi connectivity index (χ1) is 15.5. The second-order valence-corrected chi connectivity index (χ2v) is 8.08. The zero-order valence-electron chi connectivity index (χ0n) is 18.0. The van der Waals surface area contributed by atoms with Crippen molar-refractivity contribution in [3.63, 3.8) is 0 Å². The number of ether oxygens (including phenoxy) is 4. The molecule has 2 fully saturated rings. The molecule has 3 aliphatic rings. The van der Waals surface area contributed by atoms with Gasteiger partial charge in [0.2, 0.25) is 11.8 Å². The molecule has 3 aliphatic heterocycles. The molecule has 8 heteroatoms. The normalized spacial score (nSPS) is 27.4. The van der Waals surface area contributed by atoms with Crippen LogP contribution in [0.4, 0.5) is 11.4 Å². The van der Waals surface area contributed by atoms with E-state index in [1.54, 1.807) is 37.3 Å². The van der Waals surface area contributed by atoms with Crippen LogP contribution in [-0.4, -0.2) is 51.4 Å². The fourth-order valence-electron chi connectivity index (χ4n) is 4.92. The number of anilines is 2. The third kappa shape index (κ3) is 3.02. The zero-order valence-corrected chi connectivity index (χ0v) is 18.0. The highest BCUT2D eigenvalue weighted by atomic mass is 16.5. The van der Waals surface area contributed by atoms with Crippen LogP contribution in [0, 0.1) is 11.8 Å². The van der Waals surface area contributed by atoms with Gasteiger partial charge in [0.15, 0.2) is 11.5 Å². The van der Waals surface area contributed by atoms with Gasteiger partial charge in [0.25, 0.3) is 0 Å². The van der Waals surface area contributed by atoms with Gasteiger partial charge in [0, 0.05) is 17.4 Å². The molecule has 2 saturated heterocycles. The summed E-state index contributed by atoms with van der Waals surface area (Å²) in [7, 11) is 4.68. The monoisotopic (exact) mass is 436 g/mol. The molecule has 32 heavy (non-hydrogen) atoms. The lowest BCUT2D eigenvalue weighted by molar-refractivity contribution is -0.128. The fraction of sp³-hybridized carbons (Fsp3) is 0.333. The SMILES string of the molecule is COc1ccc(N2C[C@@]34C=C[C@@H](O3)[C@@H](C(=O)Nc3ccc(OC)c(OC)c3)[C@H]4C2=O)cc1. The maximum absolute atomic E-state index is 13.4. The Kier molecular flexibility index (Phi) is 4.82. The Balaban J connectivity index is 1.39.